The largest absolute Gasteiger partial charge is 0.368 e. The molecule has 41 heavy (non-hydrogen) atoms. The third-order valence-electron chi connectivity index (χ3n) is 7.73. The number of hydrogen-bond donors (Lipinski definition) is 0. The smallest absolute Gasteiger partial charge is 0.294 e. The quantitative estimate of drug-likeness (QED) is 0.240. The Bertz CT molecular complexity index is 1660. The number of piperazine rings is 1. The van der Waals surface area contributed by atoms with Gasteiger partial charge in [0.2, 0.25) is 5.91 Å². The topological polar surface area (TPSA) is 65.9 Å². The zero-order chi connectivity index (χ0) is 28.5. The van der Waals surface area contributed by atoms with Crippen LogP contribution in [0.15, 0.2) is 88.2 Å². The molecule has 0 bridgehead atoms. The second-order valence-corrected chi connectivity index (χ2v) is 12.1. The van der Waals surface area contributed by atoms with Crippen LogP contribution in [0.25, 0.3) is 17.0 Å². The number of carbonyl (C=O) groups excluding carboxylic acids is 3. The van der Waals surface area contributed by atoms with E-state index in [9.17, 15) is 14.4 Å². The predicted octanol–water partition coefficient (Wildman–Crippen LogP) is 6.15. The van der Waals surface area contributed by atoms with Crippen molar-refractivity contribution in [2.45, 2.75) is 13.5 Å². The number of hydrogen-bond acceptors (Lipinski definition) is 5. The summed E-state index contributed by atoms with van der Waals surface area (Å²) in [4.78, 5) is 44.8. The van der Waals surface area contributed by atoms with Gasteiger partial charge in [-0.2, -0.15) is 0 Å². The summed E-state index contributed by atoms with van der Waals surface area (Å²) in [5.41, 5.74) is 5.26. The van der Waals surface area contributed by atoms with Gasteiger partial charge >= 0.3 is 0 Å². The Morgan fingerprint density at radius 3 is 2.32 bits per heavy atom. The lowest BCUT2D eigenvalue weighted by molar-refractivity contribution is -0.136. The molecule has 3 aromatic carbocycles. The van der Waals surface area contributed by atoms with Gasteiger partial charge in [-0.1, -0.05) is 64.5 Å². The van der Waals surface area contributed by atoms with E-state index in [2.05, 4.69) is 55.7 Å². The van der Waals surface area contributed by atoms with E-state index in [1.807, 2.05) is 61.5 Å². The second kappa shape index (κ2) is 11.6. The van der Waals surface area contributed by atoms with Crippen molar-refractivity contribution in [3.05, 3.63) is 105 Å². The predicted molar refractivity (Wildman–Crippen MR) is 168 cm³/mol. The first-order valence-electron chi connectivity index (χ1n) is 13.5. The Balaban J connectivity index is 1.18. The van der Waals surface area contributed by atoms with Gasteiger partial charge in [0.15, 0.2) is 0 Å². The van der Waals surface area contributed by atoms with E-state index in [-0.39, 0.29) is 12.5 Å². The van der Waals surface area contributed by atoms with Crippen molar-refractivity contribution >= 4 is 67.4 Å². The summed E-state index contributed by atoms with van der Waals surface area (Å²) in [6.45, 7) is 5.00. The molecule has 7 nitrogen and oxygen atoms in total. The molecule has 2 aliphatic heterocycles. The number of amides is 3. The number of benzene rings is 3. The summed E-state index contributed by atoms with van der Waals surface area (Å²) in [5, 5.41) is 0.607. The summed E-state index contributed by atoms with van der Waals surface area (Å²) in [6.07, 6.45) is 1.81. The Morgan fingerprint density at radius 2 is 1.59 bits per heavy atom. The Morgan fingerprint density at radius 1 is 0.902 bits per heavy atom. The van der Waals surface area contributed by atoms with Crippen LogP contribution >= 0.6 is 27.7 Å². The van der Waals surface area contributed by atoms with Crippen LogP contribution in [0.2, 0.25) is 0 Å². The summed E-state index contributed by atoms with van der Waals surface area (Å²) >= 11 is 4.40. The average Bonchev–Trinajstić information content (AvgIpc) is 3.42. The van der Waals surface area contributed by atoms with Crippen LogP contribution in [0.3, 0.4) is 0 Å². The first-order chi connectivity index (χ1) is 19.9. The SMILES string of the molecule is Cc1c(/C=C2/SC(=O)N(CC(=O)N3CCN(c4ccccc4)CC3)C2=O)c2ccccc2n1Cc1ccc(Br)cc1. The fraction of sp³-hybridized carbons (Fsp3) is 0.219. The molecule has 4 aromatic rings. The van der Waals surface area contributed by atoms with E-state index in [1.165, 1.54) is 0 Å². The highest BCUT2D eigenvalue weighted by Gasteiger charge is 2.38. The number of rotatable bonds is 6. The molecule has 1 aromatic heterocycles. The minimum Gasteiger partial charge on any atom is -0.368 e. The first-order valence-corrected chi connectivity index (χ1v) is 15.2. The molecule has 0 atom stereocenters. The number of halogens is 1. The van der Waals surface area contributed by atoms with Crippen LogP contribution in [0.4, 0.5) is 10.5 Å². The summed E-state index contributed by atoms with van der Waals surface area (Å²) < 4.78 is 3.26. The molecule has 0 unspecified atom stereocenters. The maximum Gasteiger partial charge on any atom is 0.294 e. The van der Waals surface area contributed by atoms with Crippen LogP contribution in [-0.2, 0) is 16.1 Å². The van der Waals surface area contributed by atoms with Crippen molar-refractivity contribution in [3.63, 3.8) is 0 Å². The van der Waals surface area contributed by atoms with E-state index in [0.717, 1.165) is 54.5 Å². The molecular weight excluding hydrogens is 600 g/mol. The first kappa shape index (κ1) is 27.4. The molecule has 0 spiro atoms. The molecule has 0 aliphatic carbocycles. The Kier molecular flexibility index (Phi) is 7.73. The van der Waals surface area contributed by atoms with Crippen LogP contribution in [-0.4, -0.2) is 64.1 Å². The third kappa shape index (κ3) is 5.56. The van der Waals surface area contributed by atoms with Gasteiger partial charge in [-0.3, -0.25) is 19.3 Å². The van der Waals surface area contributed by atoms with Crippen LogP contribution < -0.4 is 4.90 Å². The second-order valence-electron chi connectivity index (χ2n) is 10.2. The Hall–Kier alpha value is -3.82. The van der Waals surface area contributed by atoms with Crippen molar-refractivity contribution in [2.75, 3.05) is 37.6 Å². The van der Waals surface area contributed by atoms with Gasteiger partial charge in [0.1, 0.15) is 6.54 Å². The van der Waals surface area contributed by atoms with Crippen LogP contribution in [0.5, 0.6) is 0 Å². The third-order valence-corrected chi connectivity index (χ3v) is 9.17. The molecule has 9 heteroatoms. The van der Waals surface area contributed by atoms with Crippen molar-refractivity contribution < 1.29 is 14.4 Å². The number of carbonyl (C=O) groups is 3. The zero-order valence-corrected chi connectivity index (χ0v) is 25.0. The molecule has 3 amide bonds. The van der Waals surface area contributed by atoms with Crippen molar-refractivity contribution in [3.8, 4) is 0 Å². The summed E-state index contributed by atoms with van der Waals surface area (Å²) in [6, 6.07) is 26.4. The number of aromatic nitrogens is 1. The number of nitrogens with zero attached hydrogens (tertiary/aromatic N) is 4. The number of thioether (sulfide) groups is 1. The molecule has 0 radical (unpaired) electrons. The van der Waals surface area contributed by atoms with Crippen molar-refractivity contribution in [1.82, 2.24) is 14.4 Å². The lowest BCUT2D eigenvalue weighted by atomic mass is 10.1. The number of fused-ring (bicyclic) bond motifs is 1. The van der Waals surface area contributed by atoms with E-state index >= 15 is 0 Å². The van der Waals surface area contributed by atoms with Gasteiger partial charge in [-0.05, 0) is 60.7 Å². The van der Waals surface area contributed by atoms with Crippen molar-refractivity contribution in [2.24, 2.45) is 0 Å². The fourth-order valence-electron chi connectivity index (χ4n) is 5.47. The number of para-hydroxylation sites is 2. The van der Waals surface area contributed by atoms with E-state index in [4.69, 9.17) is 0 Å². The normalized spacial score (nSPS) is 16.8. The van der Waals surface area contributed by atoms with Gasteiger partial charge in [0.25, 0.3) is 11.1 Å². The highest BCUT2D eigenvalue weighted by atomic mass is 79.9. The maximum absolute atomic E-state index is 13.4. The molecule has 6 rings (SSSR count). The monoisotopic (exact) mass is 628 g/mol. The fourth-order valence-corrected chi connectivity index (χ4v) is 6.56. The molecular formula is C32H29BrN4O3S. The van der Waals surface area contributed by atoms with Crippen LogP contribution in [0.1, 0.15) is 16.8 Å². The molecule has 0 N–H and O–H groups in total. The highest BCUT2D eigenvalue weighted by molar-refractivity contribution is 9.10. The van der Waals surface area contributed by atoms with Gasteiger partial charge in [-0.25, -0.2) is 0 Å². The molecule has 2 fully saturated rings. The van der Waals surface area contributed by atoms with Crippen LogP contribution in [0, 0.1) is 6.92 Å². The molecule has 3 heterocycles. The van der Waals surface area contributed by atoms with E-state index in [1.54, 1.807) is 4.90 Å². The molecule has 208 valence electrons. The van der Waals surface area contributed by atoms with E-state index in [0.29, 0.717) is 37.6 Å². The van der Waals surface area contributed by atoms with Gasteiger partial charge < -0.3 is 14.4 Å². The average molecular weight is 630 g/mol. The maximum atomic E-state index is 13.4. The van der Waals surface area contributed by atoms with Gasteiger partial charge in [-0.15, -0.1) is 0 Å². The standard InChI is InChI=1S/C32H29BrN4O3S/c1-22-27(26-9-5-6-10-28(26)36(22)20-23-11-13-24(33)14-12-23)19-29-31(39)37(32(40)41-29)21-30(38)35-17-15-34(16-18-35)25-7-3-2-4-8-25/h2-14,19H,15-18,20-21H2,1H3/b29-19+. The lowest BCUT2D eigenvalue weighted by Crippen LogP contribution is -2.51. The lowest BCUT2D eigenvalue weighted by Gasteiger charge is -2.36. The molecule has 0 saturated carbocycles. The minimum absolute atomic E-state index is 0.205. The van der Waals surface area contributed by atoms with Crippen molar-refractivity contribution in [1.29, 1.82) is 0 Å². The highest BCUT2D eigenvalue weighted by Crippen LogP contribution is 2.36. The van der Waals surface area contributed by atoms with Gasteiger partial charge in [0.05, 0.1) is 4.91 Å². The van der Waals surface area contributed by atoms with Gasteiger partial charge in [0, 0.05) is 65.0 Å². The minimum atomic E-state index is -0.416. The molecule has 2 saturated heterocycles. The summed E-state index contributed by atoms with van der Waals surface area (Å²) in [5.74, 6) is -0.621. The Labute approximate surface area is 251 Å². The number of anilines is 1. The summed E-state index contributed by atoms with van der Waals surface area (Å²) in [7, 11) is 0. The number of imide groups is 1. The zero-order valence-electron chi connectivity index (χ0n) is 22.6. The van der Waals surface area contributed by atoms with E-state index < -0.39 is 11.1 Å². The molecule has 2 aliphatic rings.